The van der Waals surface area contributed by atoms with Gasteiger partial charge in [0.05, 0.1) is 5.41 Å². The maximum atomic E-state index is 12.8. The Morgan fingerprint density at radius 2 is 2.05 bits per heavy atom. The summed E-state index contributed by atoms with van der Waals surface area (Å²) in [5.74, 6) is 1.16. The zero-order chi connectivity index (χ0) is 13.9. The number of amides is 1. The number of nitrogens with two attached hydrogens (primary N) is 1. The topological polar surface area (TPSA) is 46.3 Å². The number of hydrogen-bond donors (Lipinski definition) is 1. The Morgan fingerprint density at radius 3 is 2.68 bits per heavy atom. The number of carbonyl (C=O) groups excluding carboxylic acids is 1. The molecule has 1 aliphatic heterocycles. The minimum absolute atomic E-state index is 0.0645. The van der Waals surface area contributed by atoms with Crippen LogP contribution in [0.5, 0.6) is 0 Å². The fourth-order valence-electron chi connectivity index (χ4n) is 3.89. The van der Waals surface area contributed by atoms with E-state index in [1.165, 1.54) is 32.1 Å². The van der Waals surface area contributed by atoms with Gasteiger partial charge in [-0.05, 0) is 44.9 Å². The van der Waals surface area contributed by atoms with E-state index in [-0.39, 0.29) is 11.5 Å². The Bertz CT molecular complexity index is 318. The average molecular weight is 266 g/mol. The zero-order valence-corrected chi connectivity index (χ0v) is 12.7. The lowest BCUT2D eigenvalue weighted by Crippen LogP contribution is -2.49. The van der Waals surface area contributed by atoms with Gasteiger partial charge in [-0.3, -0.25) is 4.79 Å². The van der Waals surface area contributed by atoms with Gasteiger partial charge in [0.2, 0.25) is 5.91 Å². The molecule has 0 bridgehead atoms. The van der Waals surface area contributed by atoms with Crippen molar-refractivity contribution in [1.29, 1.82) is 0 Å². The highest BCUT2D eigenvalue weighted by Gasteiger charge is 2.45. The normalized spacial score (nSPS) is 36.3. The maximum Gasteiger partial charge on any atom is 0.230 e. The molecule has 0 spiro atoms. The quantitative estimate of drug-likeness (QED) is 0.853. The van der Waals surface area contributed by atoms with Gasteiger partial charge in [-0.15, -0.1) is 0 Å². The Labute approximate surface area is 117 Å². The number of likely N-dealkylation sites (tertiary alicyclic amines) is 1. The largest absolute Gasteiger partial charge is 0.342 e. The smallest absolute Gasteiger partial charge is 0.230 e. The third-order valence-electron chi connectivity index (χ3n) is 5.35. The number of carbonyl (C=O) groups is 1. The second kappa shape index (κ2) is 6.25. The summed E-state index contributed by atoms with van der Waals surface area (Å²) in [6.07, 6.45) is 9.32. The molecule has 1 amide bonds. The minimum Gasteiger partial charge on any atom is -0.342 e. The molecule has 3 unspecified atom stereocenters. The van der Waals surface area contributed by atoms with Gasteiger partial charge in [0.15, 0.2) is 0 Å². The number of rotatable bonds is 3. The van der Waals surface area contributed by atoms with Gasteiger partial charge in [0.1, 0.15) is 0 Å². The molecule has 1 aliphatic carbocycles. The molecule has 3 nitrogen and oxygen atoms in total. The lowest BCUT2D eigenvalue weighted by atomic mass is 9.83. The van der Waals surface area contributed by atoms with Gasteiger partial charge in [-0.2, -0.15) is 0 Å². The van der Waals surface area contributed by atoms with Crippen LogP contribution < -0.4 is 5.73 Å². The van der Waals surface area contributed by atoms with Gasteiger partial charge in [0, 0.05) is 19.1 Å². The molecule has 2 fully saturated rings. The summed E-state index contributed by atoms with van der Waals surface area (Å²) in [6, 6.07) is 0.0645. The van der Waals surface area contributed by atoms with Crippen LogP contribution in [0, 0.1) is 11.3 Å². The van der Waals surface area contributed by atoms with Crippen LogP contribution in [-0.4, -0.2) is 29.9 Å². The van der Waals surface area contributed by atoms with E-state index in [9.17, 15) is 4.79 Å². The fourth-order valence-corrected chi connectivity index (χ4v) is 3.89. The molecule has 0 aromatic rings. The van der Waals surface area contributed by atoms with E-state index in [0.29, 0.717) is 5.91 Å². The SMILES string of the molecule is CCCC1CCCN(C(=O)C2(C)CCCC2N)CC1. The van der Waals surface area contributed by atoms with Gasteiger partial charge >= 0.3 is 0 Å². The lowest BCUT2D eigenvalue weighted by molar-refractivity contribution is -0.141. The molecule has 3 heteroatoms. The summed E-state index contributed by atoms with van der Waals surface area (Å²) in [5.41, 5.74) is 5.90. The molecule has 2 rings (SSSR count). The fraction of sp³-hybridized carbons (Fsp3) is 0.938. The molecule has 0 radical (unpaired) electrons. The molecule has 1 saturated carbocycles. The van der Waals surface area contributed by atoms with Gasteiger partial charge in [-0.1, -0.05) is 26.2 Å². The maximum absolute atomic E-state index is 12.8. The molecule has 110 valence electrons. The van der Waals surface area contributed by atoms with E-state index in [1.54, 1.807) is 0 Å². The monoisotopic (exact) mass is 266 g/mol. The number of nitrogens with zero attached hydrogens (tertiary/aromatic N) is 1. The molecule has 3 atom stereocenters. The summed E-state index contributed by atoms with van der Waals surface area (Å²) in [5, 5.41) is 0. The molecule has 2 N–H and O–H groups in total. The van der Waals surface area contributed by atoms with Crippen LogP contribution in [0.1, 0.15) is 65.2 Å². The molecule has 0 aromatic carbocycles. The molecule has 2 aliphatic rings. The van der Waals surface area contributed by atoms with Crippen LogP contribution in [0.15, 0.2) is 0 Å². The summed E-state index contributed by atoms with van der Waals surface area (Å²) in [7, 11) is 0. The van der Waals surface area contributed by atoms with Crippen molar-refractivity contribution in [3.8, 4) is 0 Å². The Hall–Kier alpha value is -0.570. The Balaban J connectivity index is 1.96. The standard InChI is InChI=1S/C16H30N2O/c1-3-6-13-7-5-11-18(12-9-13)15(19)16(2)10-4-8-14(16)17/h13-14H,3-12,17H2,1-2H3. The molecule has 1 saturated heterocycles. The van der Waals surface area contributed by atoms with Crippen LogP contribution in [0.4, 0.5) is 0 Å². The molecule has 0 aromatic heterocycles. The molecular formula is C16H30N2O. The highest BCUT2D eigenvalue weighted by molar-refractivity contribution is 5.83. The van der Waals surface area contributed by atoms with Gasteiger partial charge < -0.3 is 10.6 Å². The van der Waals surface area contributed by atoms with Gasteiger partial charge in [-0.25, -0.2) is 0 Å². The second-order valence-electron chi connectivity index (χ2n) is 6.79. The van der Waals surface area contributed by atoms with Crippen molar-refractivity contribution < 1.29 is 4.79 Å². The molecular weight excluding hydrogens is 236 g/mol. The van der Waals surface area contributed by atoms with E-state index < -0.39 is 0 Å². The predicted octanol–water partition coefficient (Wildman–Crippen LogP) is 2.93. The van der Waals surface area contributed by atoms with Crippen molar-refractivity contribution in [1.82, 2.24) is 4.90 Å². The van der Waals surface area contributed by atoms with Crippen LogP contribution in [0.3, 0.4) is 0 Å². The predicted molar refractivity (Wildman–Crippen MR) is 78.8 cm³/mol. The first-order valence-corrected chi connectivity index (χ1v) is 8.13. The van der Waals surface area contributed by atoms with Crippen molar-refractivity contribution in [3.63, 3.8) is 0 Å². The first kappa shape index (κ1) is 14.8. The average Bonchev–Trinajstić information content (AvgIpc) is 2.62. The van der Waals surface area contributed by atoms with Gasteiger partial charge in [0.25, 0.3) is 0 Å². The van der Waals surface area contributed by atoms with Crippen LogP contribution >= 0.6 is 0 Å². The van der Waals surface area contributed by atoms with Crippen LogP contribution in [0.25, 0.3) is 0 Å². The van der Waals surface area contributed by atoms with E-state index in [2.05, 4.69) is 18.7 Å². The van der Waals surface area contributed by atoms with E-state index in [1.807, 2.05) is 0 Å². The van der Waals surface area contributed by atoms with E-state index in [0.717, 1.165) is 38.3 Å². The summed E-state index contributed by atoms with van der Waals surface area (Å²) in [6.45, 7) is 6.24. The third-order valence-corrected chi connectivity index (χ3v) is 5.35. The van der Waals surface area contributed by atoms with Crippen molar-refractivity contribution in [2.75, 3.05) is 13.1 Å². The van der Waals surface area contributed by atoms with Crippen molar-refractivity contribution in [2.45, 2.75) is 71.3 Å². The van der Waals surface area contributed by atoms with Crippen molar-refractivity contribution >= 4 is 5.91 Å². The molecule has 1 heterocycles. The Kier molecular flexibility index (Phi) is 4.88. The molecule has 19 heavy (non-hydrogen) atoms. The first-order valence-electron chi connectivity index (χ1n) is 8.13. The highest BCUT2D eigenvalue weighted by atomic mass is 16.2. The third kappa shape index (κ3) is 3.13. The van der Waals surface area contributed by atoms with Crippen LogP contribution in [0.2, 0.25) is 0 Å². The highest BCUT2D eigenvalue weighted by Crippen LogP contribution is 2.39. The van der Waals surface area contributed by atoms with Crippen molar-refractivity contribution in [2.24, 2.45) is 17.1 Å². The number of hydrogen-bond acceptors (Lipinski definition) is 2. The van der Waals surface area contributed by atoms with Crippen molar-refractivity contribution in [3.05, 3.63) is 0 Å². The summed E-state index contributed by atoms with van der Waals surface area (Å²) >= 11 is 0. The van der Waals surface area contributed by atoms with E-state index in [4.69, 9.17) is 5.73 Å². The zero-order valence-electron chi connectivity index (χ0n) is 12.7. The summed E-state index contributed by atoms with van der Waals surface area (Å²) < 4.78 is 0. The van der Waals surface area contributed by atoms with E-state index >= 15 is 0 Å². The Morgan fingerprint density at radius 1 is 1.26 bits per heavy atom. The lowest BCUT2D eigenvalue weighted by Gasteiger charge is -2.34. The summed E-state index contributed by atoms with van der Waals surface area (Å²) in [4.78, 5) is 14.9. The first-order chi connectivity index (χ1) is 9.08. The minimum atomic E-state index is -0.287. The van der Waals surface area contributed by atoms with Crippen LogP contribution in [-0.2, 0) is 4.79 Å². The second-order valence-corrected chi connectivity index (χ2v) is 6.79.